The Kier molecular flexibility index (Phi) is 5.25. The van der Waals surface area contributed by atoms with E-state index in [-0.39, 0.29) is 0 Å². The Labute approximate surface area is 141 Å². The molecule has 0 unspecified atom stereocenters. The molecule has 0 aromatic heterocycles. The number of benzene rings is 3. The molecule has 3 aromatic rings. The van der Waals surface area contributed by atoms with Crippen molar-refractivity contribution in [3.05, 3.63) is 95.6 Å². The van der Waals surface area contributed by atoms with Crippen LogP contribution in [0, 0.1) is 0 Å². The van der Waals surface area contributed by atoms with Gasteiger partial charge in [-0.1, -0.05) is 42.5 Å². The van der Waals surface area contributed by atoms with Crippen molar-refractivity contribution in [1.29, 1.82) is 0 Å². The first-order valence-electron chi connectivity index (χ1n) is 7.77. The number of hydrogen-bond acceptors (Lipinski definition) is 3. The SMILES string of the molecule is O=Cc1ccc(OCc2ccc(OCc3ccccc3)cc2)cc1. The zero-order chi connectivity index (χ0) is 16.6. The number of ether oxygens (including phenoxy) is 2. The van der Waals surface area contributed by atoms with E-state index >= 15 is 0 Å². The van der Waals surface area contributed by atoms with E-state index in [0.29, 0.717) is 18.8 Å². The molecule has 0 amide bonds. The van der Waals surface area contributed by atoms with Crippen LogP contribution in [-0.4, -0.2) is 6.29 Å². The van der Waals surface area contributed by atoms with Crippen molar-refractivity contribution in [2.45, 2.75) is 13.2 Å². The number of hydrogen-bond donors (Lipinski definition) is 0. The summed E-state index contributed by atoms with van der Waals surface area (Å²) >= 11 is 0. The van der Waals surface area contributed by atoms with Gasteiger partial charge >= 0.3 is 0 Å². The van der Waals surface area contributed by atoms with Crippen LogP contribution in [0.5, 0.6) is 11.5 Å². The first-order chi connectivity index (χ1) is 11.8. The fourth-order valence-electron chi connectivity index (χ4n) is 2.23. The van der Waals surface area contributed by atoms with Crippen LogP contribution in [0.25, 0.3) is 0 Å². The van der Waals surface area contributed by atoms with Crippen molar-refractivity contribution in [2.75, 3.05) is 0 Å². The monoisotopic (exact) mass is 318 g/mol. The van der Waals surface area contributed by atoms with Gasteiger partial charge in [0.15, 0.2) is 0 Å². The number of carbonyl (C=O) groups is 1. The Morgan fingerprint density at radius 1 is 0.625 bits per heavy atom. The summed E-state index contributed by atoms with van der Waals surface area (Å²) in [5, 5.41) is 0. The van der Waals surface area contributed by atoms with Gasteiger partial charge in [0.1, 0.15) is 31.0 Å². The van der Waals surface area contributed by atoms with Gasteiger partial charge in [-0.05, 0) is 47.5 Å². The van der Waals surface area contributed by atoms with E-state index in [0.717, 1.165) is 28.9 Å². The zero-order valence-corrected chi connectivity index (χ0v) is 13.2. The molecule has 3 heteroatoms. The second-order valence-corrected chi connectivity index (χ2v) is 5.39. The Morgan fingerprint density at radius 3 is 1.67 bits per heavy atom. The Bertz CT molecular complexity index is 762. The highest BCUT2D eigenvalue weighted by atomic mass is 16.5. The Balaban J connectivity index is 1.51. The van der Waals surface area contributed by atoms with Gasteiger partial charge < -0.3 is 9.47 Å². The van der Waals surface area contributed by atoms with Gasteiger partial charge in [-0.2, -0.15) is 0 Å². The summed E-state index contributed by atoms with van der Waals surface area (Å²) in [4.78, 5) is 10.6. The molecule has 0 atom stereocenters. The molecule has 3 rings (SSSR count). The summed E-state index contributed by atoms with van der Waals surface area (Å²) in [6, 6.07) is 25.0. The lowest BCUT2D eigenvalue weighted by Gasteiger charge is -2.09. The molecule has 24 heavy (non-hydrogen) atoms. The lowest BCUT2D eigenvalue weighted by atomic mass is 10.2. The molecule has 0 aliphatic heterocycles. The van der Waals surface area contributed by atoms with Gasteiger partial charge in [0.05, 0.1) is 0 Å². The Morgan fingerprint density at radius 2 is 1.12 bits per heavy atom. The largest absolute Gasteiger partial charge is 0.489 e. The van der Waals surface area contributed by atoms with E-state index in [9.17, 15) is 4.79 Å². The van der Waals surface area contributed by atoms with E-state index in [4.69, 9.17) is 9.47 Å². The minimum Gasteiger partial charge on any atom is -0.489 e. The standard InChI is InChI=1S/C21H18O3/c22-14-17-6-10-20(11-7-17)24-16-19-8-12-21(13-9-19)23-15-18-4-2-1-3-5-18/h1-14H,15-16H2. The minimum atomic E-state index is 0.472. The van der Waals surface area contributed by atoms with E-state index in [1.807, 2.05) is 54.6 Å². The predicted octanol–water partition coefficient (Wildman–Crippen LogP) is 4.66. The van der Waals surface area contributed by atoms with Crippen LogP contribution in [0.1, 0.15) is 21.5 Å². The minimum absolute atomic E-state index is 0.472. The van der Waals surface area contributed by atoms with Crippen molar-refractivity contribution in [3.63, 3.8) is 0 Å². The average molecular weight is 318 g/mol. The quantitative estimate of drug-likeness (QED) is 0.595. The average Bonchev–Trinajstić information content (AvgIpc) is 2.67. The van der Waals surface area contributed by atoms with Crippen molar-refractivity contribution in [1.82, 2.24) is 0 Å². The molecule has 120 valence electrons. The maximum Gasteiger partial charge on any atom is 0.150 e. The smallest absolute Gasteiger partial charge is 0.150 e. The van der Waals surface area contributed by atoms with E-state index in [1.165, 1.54) is 0 Å². The fraction of sp³-hybridized carbons (Fsp3) is 0.0952. The third kappa shape index (κ3) is 4.46. The fourth-order valence-corrected chi connectivity index (χ4v) is 2.23. The zero-order valence-electron chi connectivity index (χ0n) is 13.2. The molecule has 0 bridgehead atoms. The molecule has 3 nitrogen and oxygen atoms in total. The van der Waals surface area contributed by atoms with Crippen LogP contribution in [0.15, 0.2) is 78.9 Å². The molecule has 0 aliphatic rings. The summed E-state index contributed by atoms with van der Waals surface area (Å²) < 4.78 is 11.5. The molecule has 0 saturated heterocycles. The van der Waals surface area contributed by atoms with Gasteiger partial charge in [-0.25, -0.2) is 0 Å². The van der Waals surface area contributed by atoms with Gasteiger partial charge in [-0.3, -0.25) is 4.79 Å². The molecule has 0 N–H and O–H groups in total. The van der Waals surface area contributed by atoms with Crippen LogP contribution >= 0.6 is 0 Å². The van der Waals surface area contributed by atoms with E-state index in [1.54, 1.807) is 24.3 Å². The molecular weight excluding hydrogens is 300 g/mol. The van der Waals surface area contributed by atoms with Crippen LogP contribution < -0.4 is 9.47 Å². The number of carbonyl (C=O) groups excluding carboxylic acids is 1. The van der Waals surface area contributed by atoms with Gasteiger partial charge in [-0.15, -0.1) is 0 Å². The second-order valence-electron chi connectivity index (χ2n) is 5.39. The molecule has 0 saturated carbocycles. The maximum absolute atomic E-state index is 10.6. The highest BCUT2D eigenvalue weighted by molar-refractivity contribution is 5.74. The van der Waals surface area contributed by atoms with Crippen molar-refractivity contribution in [2.24, 2.45) is 0 Å². The number of rotatable bonds is 7. The van der Waals surface area contributed by atoms with Crippen molar-refractivity contribution in [3.8, 4) is 11.5 Å². The van der Waals surface area contributed by atoms with Crippen molar-refractivity contribution < 1.29 is 14.3 Å². The normalized spacial score (nSPS) is 10.2. The van der Waals surface area contributed by atoms with Gasteiger partial charge in [0, 0.05) is 5.56 Å². The summed E-state index contributed by atoms with van der Waals surface area (Å²) in [6.45, 7) is 1.03. The molecular formula is C21H18O3. The first kappa shape index (κ1) is 15.8. The summed E-state index contributed by atoms with van der Waals surface area (Å²) in [5.41, 5.74) is 2.84. The summed E-state index contributed by atoms with van der Waals surface area (Å²) in [5.74, 6) is 1.57. The van der Waals surface area contributed by atoms with Crippen molar-refractivity contribution >= 4 is 6.29 Å². The first-order valence-corrected chi connectivity index (χ1v) is 7.77. The van der Waals surface area contributed by atoms with E-state index in [2.05, 4.69) is 0 Å². The number of aldehydes is 1. The predicted molar refractivity (Wildman–Crippen MR) is 93.4 cm³/mol. The molecule has 0 fully saturated rings. The van der Waals surface area contributed by atoms with Gasteiger partial charge in [0.2, 0.25) is 0 Å². The third-order valence-corrected chi connectivity index (χ3v) is 3.59. The maximum atomic E-state index is 10.6. The molecule has 0 heterocycles. The van der Waals surface area contributed by atoms with Crippen LogP contribution in [-0.2, 0) is 13.2 Å². The highest BCUT2D eigenvalue weighted by Crippen LogP contribution is 2.17. The van der Waals surface area contributed by atoms with E-state index < -0.39 is 0 Å². The topological polar surface area (TPSA) is 35.5 Å². The lowest BCUT2D eigenvalue weighted by molar-refractivity contribution is 0.112. The Hall–Kier alpha value is -3.07. The van der Waals surface area contributed by atoms with Gasteiger partial charge in [0.25, 0.3) is 0 Å². The third-order valence-electron chi connectivity index (χ3n) is 3.59. The highest BCUT2D eigenvalue weighted by Gasteiger charge is 1.99. The summed E-state index contributed by atoms with van der Waals surface area (Å²) in [7, 11) is 0. The molecule has 3 aromatic carbocycles. The second kappa shape index (κ2) is 7.97. The molecule has 0 aliphatic carbocycles. The lowest BCUT2D eigenvalue weighted by Crippen LogP contribution is -1.97. The van der Waals surface area contributed by atoms with Crippen LogP contribution in [0.2, 0.25) is 0 Å². The molecule has 0 spiro atoms. The van der Waals surface area contributed by atoms with Crippen LogP contribution in [0.4, 0.5) is 0 Å². The van der Waals surface area contributed by atoms with Crippen LogP contribution in [0.3, 0.4) is 0 Å². The summed E-state index contributed by atoms with van der Waals surface area (Å²) in [6.07, 6.45) is 0.817. The molecule has 0 radical (unpaired) electrons.